The van der Waals surface area contributed by atoms with Crippen molar-refractivity contribution in [2.24, 2.45) is 0 Å². The summed E-state index contributed by atoms with van der Waals surface area (Å²) in [7, 11) is 1.85. The number of nitrogens with zero attached hydrogens (tertiary/aromatic N) is 1. The van der Waals surface area contributed by atoms with E-state index in [9.17, 15) is 14.9 Å². The maximum absolute atomic E-state index is 12.6. The molecule has 0 aliphatic rings. The Balaban J connectivity index is 1.89. The predicted octanol–water partition coefficient (Wildman–Crippen LogP) is 4.23. The van der Waals surface area contributed by atoms with E-state index in [1.165, 1.54) is 6.07 Å². The van der Waals surface area contributed by atoms with E-state index < -0.39 is 4.92 Å². The van der Waals surface area contributed by atoms with E-state index in [1.54, 1.807) is 24.3 Å². The molecular weight excluding hydrogens is 342 g/mol. The van der Waals surface area contributed by atoms with Gasteiger partial charge in [0.15, 0.2) is 0 Å². The molecule has 0 aliphatic carbocycles. The summed E-state index contributed by atoms with van der Waals surface area (Å²) in [5.41, 5.74) is 3.22. The van der Waals surface area contributed by atoms with Crippen LogP contribution in [0.15, 0.2) is 72.8 Å². The maximum Gasteiger partial charge on any atom is 0.292 e. The van der Waals surface area contributed by atoms with Crippen molar-refractivity contribution in [2.75, 3.05) is 12.4 Å². The molecule has 0 radical (unpaired) electrons. The van der Waals surface area contributed by atoms with E-state index in [-0.39, 0.29) is 17.3 Å². The lowest BCUT2D eigenvalue weighted by Crippen LogP contribution is -2.13. The van der Waals surface area contributed by atoms with Crippen molar-refractivity contribution in [1.82, 2.24) is 5.32 Å². The van der Waals surface area contributed by atoms with Gasteiger partial charge >= 0.3 is 0 Å². The summed E-state index contributed by atoms with van der Waals surface area (Å²) in [6.45, 7) is 0.701. The van der Waals surface area contributed by atoms with Crippen LogP contribution in [0.5, 0.6) is 0 Å². The van der Waals surface area contributed by atoms with E-state index in [0.717, 1.165) is 16.7 Å². The minimum absolute atomic E-state index is 0.144. The van der Waals surface area contributed by atoms with Crippen molar-refractivity contribution < 1.29 is 9.72 Å². The van der Waals surface area contributed by atoms with Gasteiger partial charge in [0.1, 0.15) is 5.69 Å². The molecule has 0 heterocycles. The van der Waals surface area contributed by atoms with Crippen molar-refractivity contribution in [3.8, 4) is 11.1 Å². The van der Waals surface area contributed by atoms with Crippen molar-refractivity contribution >= 4 is 17.3 Å². The first-order valence-corrected chi connectivity index (χ1v) is 8.47. The van der Waals surface area contributed by atoms with Crippen LogP contribution < -0.4 is 10.6 Å². The van der Waals surface area contributed by atoms with Crippen molar-refractivity contribution in [3.63, 3.8) is 0 Å². The Morgan fingerprint density at radius 1 is 0.963 bits per heavy atom. The summed E-state index contributed by atoms with van der Waals surface area (Å²) in [5.74, 6) is -0.390. The van der Waals surface area contributed by atoms with Gasteiger partial charge in [-0.3, -0.25) is 14.9 Å². The fourth-order valence-corrected chi connectivity index (χ4v) is 2.78. The van der Waals surface area contributed by atoms with E-state index in [2.05, 4.69) is 10.6 Å². The van der Waals surface area contributed by atoms with Crippen LogP contribution in [0.1, 0.15) is 15.9 Å². The molecule has 0 aromatic heterocycles. The number of nitro groups is 1. The lowest BCUT2D eigenvalue weighted by molar-refractivity contribution is -0.383. The molecule has 3 aromatic rings. The molecule has 0 saturated heterocycles. The fraction of sp³-hybridized carbons (Fsp3) is 0.0952. The van der Waals surface area contributed by atoms with Crippen LogP contribution in [-0.4, -0.2) is 17.9 Å². The molecule has 3 aromatic carbocycles. The van der Waals surface area contributed by atoms with Gasteiger partial charge in [-0.05, 0) is 48.0 Å². The van der Waals surface area contributed by atoms with Gasteiger partial charge < -0.3 is 10.6 Å². The molecule has 0 fully saturated rings. The second-order valence-corrected chi connectivity index (χ2v) is 6.04. The molecule has 6 nitrogen and oxygen atoms in total. The van der Waals surface area contributed by atoms with E-state index in [4.69, 9.17) is 0 Å². The molecule has 0 unspecified atom stereocenters. The van der Waals surface area contributed by atoms with Gasteiger partial charge in [-0.1, -0.05) is 42.5 Å². The highest BCUT2D eigenvalue weighted by atomic mass is 16.6. The molecule has 0 atom stereocenters. The number of nitrogens with one attached hydrogen (secondary N) is 2. The molecule has 1 amide bonds. The standard InChI is InChI=1S/C21H19N3O3/c1-22-14-15-7-9-17(10-8-15)21(25)23-19-13-18(11-12-20(19)24(26)27)16-5-3-2-4-6-16/h2-13,22H,14H2,1H3,(H,23,25). The molecule has 6 heteroatoms. The minimum Gasteiger partial charge on any atom is -0.316 e. The number of anilines is 1. The number of nitro benzene ring substituents is 1. The topological polar surface area (TPSA) is 84.3 Å². The van der Waals surface area contributed by atoms with E-state index in [0.29, 0.717) is 12.1 Å². The molecule has 3 rings (SSSR count). The molecule has 0 aliphatic heterocycles. The van der Waals surface area contributed by atoms with Crippen LogP contribution in [0, 0.1) is 10.1 Å². The smallest absolute Gasteiger partial charge is 0.292 e. The normalized spacial score (nSPS) is 10.4. The van der Waals surface area contributed by atoms with E-state index in [1.807, 2.05) is 49.5 Å². The highest BCUT2D eigenvalue weighted by Gasteiger charge is 2.17. The number of benzene rings is 3. The molecule has 2 N–H and O–H groups in total. The third-order valence-corrected chi connectivity index (χ3v) is 4.15. The Kier molecular flexibility index (Phi) is 5.58. The Hall–Kier alpha value is -3.51. The second kappa shape index (κ2) is 8.25. The van der Waals surface area contributed by atoms with Gasteiger partial charge in [0.25, 0.3) is 11.6 Å². The van der Waals surface area contributed by atoms with Gasteiger partial charge in [0.2, 0.25) is 0 Å². The zero-order valence-electron chi connectivity index (χ0n) is 14.8. The predicted molar refractivity (Wildman–Crippen MR) is 106 cm³/mol. The largest absolute Gasteiger partial charge is 0.316 e. The monoisotopic (exact) mass is 361 g/mol. The van der Waals surface area contributed by atoms with Crippen LogP contribution in [0.25, 0.3) is 11.1 Å². The van der Waals surface area contributed by atoms with Gasteiger partial charge in [0, 0.05) is 18.2 Å². The average Bonchev–Trinajstić information content (AvgIpc) is 2.69. The first-order valence-electron chi connectivity index (χ1n) is 8.47. The number of amides is 1. The number of carbonyl (C=O) groups is 1. The molecule has 0 spiro atoms. The average molecular weight is 361 g/mol. The van der Waals surface area contributed by atoms with Crippen LogP contribution in [-0.2, 0) is 6.54 Å². The first-order chi connectivity index (χ1) is 13.1. The van der Waals surface area contributed by atoms with Gasteiger partial charge in [0.05, 0.1) is 4.92 Å². The molecule has 27 heavy (non-hydrogen) atoms. The van der Waals surface area contributed by atoms with E-state index >= 15 is 0 Å². The molecule has 0 bridgehead atoms. The number of carbonyl (C=O) groups excluding carboxylic acids is 1. The summed E-state index contributed by atoms with van der Waals surface area (Å²) < 4.78 is 0. The lowest BCUT2D eigenvalue weighted by atomic mass is 10.0. The van der Waals surface area contributed by atoms with Gasteiger partial charge in [-0.2, -0.15) is 0 Å². The Labute approximate surface area is 157 Å². The van der Waals surface area contributed by atoms with Gasteiger partial charge in [-0.15, -0.1) is 0 Å². The highest BCUT2D eigenvalue weighted by molar-refractivity contribution is 6.05. The Morgan fingerprint density at radius 2 is 1.67 bits per heavy atom. The third-order valence-electron chi connectivity index (χ3n) is 4.15. The maximum atomic E-state index is 12.6. The summed E-state index contributed by atoms with van der Waals surface area (Å²) in [4.78, 5) is 23.4. The van der Waals surface area contributed by atoms with Crippen molar-refractivity contribution in [1.29, 1.82) is 0 Å². The van der Waals surface area contributed by atoms with Crippen molar-refractivity contribution in [2.45, 2.75) is 6.54 Å². The SMILES string of the molecule is CNCc1ccc(C(=O)Nc2cc(-c3ccccc3)ccc2[N+](=O)[O-])cc1. The number of hydrogen-bond donors (Lipinski definition) is 2. The lowest BCUT2D eigenvalue weighted by Gasteiger charge is -2.09. The highest BCUT2D eigenvalue weighted by Crippen LogP contribution is 2.30. The molecule has 136 valence electrons. The zero-order chi connectivity index (χ0) is 19.2. The molecule has 0 saturated carbocycles. The summed E-state index contributed by atoms with van der Waals surface area (Å²) in [6, 6.07) is 21.3. The Bertz CT molecular complexity index is 954. The second-order valence-electron chi connectivity index (χ2n) is 6.04. The van der Waals surface area contributed by atoms with Crippen molar-refractivity contribution in [3.05, 3.63) is 94.0 Å². The van der Waals surface area contributed by atoms with Gasteiger partial charge in [-0.25, -0.2) is 0 Å². The quantitative estimate of drug-likeness (QED) is 0.508. The summed E-state index contributed by atoms with van der Waals surface area (Å²) in [6.07, 6.45) is 0. The van der Waals surface area contributed by atoms with Crippen LogP contribution in [0.4, 0.5) is 11.4 Å². The fourth-order valence-electron chi connectivity index (χ4n) is 2.78. The van der Waals surface area contributed by atoms with Crippen LogP contribution >= 0.6 is 0 Å². The zero-order valence-corrected chi connectivity index (χ0v) is 14.8. The van der Waals surface area contributed by atoms with Crippen LogP contribution in [0.2, 0.25) is 0 Å². The van der Waals surface area contributed by atoms with Crippen LogP contribution in [0.3, 0.4) is 0 Å². The summed E-state index contributed by atoms with van der Waals surface area (Å²) >= 11 is 0. The summed E-state index contributed by atoms with van der Waals surface area (Å²) in [5, 5.41) is 17.1. The first kappa shape index (κ1) is 18.3. The molecular formula is C21H19N3O3. The Morgan fingerprint density at radius 3 is 2.30 bits per heavy atom. The minimum atomic E-state index is -0.500. The third kappa shape index (κ3) is 4.37. The number of hydrogen-bond acceptors (Lipinski definition) is 4. The number of rotatable bonds is 6.